The van der Waals surface area contributed by atoms with Crippen molar-refractivity contribution in [3.63, 3.8) is 0 Å². The van der Waals surface area contributed by atoms with E-state index in [0.29, 0.717) is 0 Å². The third kappa shape index (κ3) is 2.94. The molecule has 1 aromatic carbocycles. The third-order valence-corrected chi connectivity index (χ3v) is 3.55. The van der Waals surface area contributed by atoms with E-state index in [0.717, 1.165) is 37.1 Å². The van der Waals surface area contributed by atoms with Crippen molar-refractivity contribution in [3.05, 3.63) is 24.3 Å². The SMILES string of the molecule is COc1ccc(NC(C(=O)O)C2CCCC2)cc1. The van der Waals surface area contributed by atoms with Crippen LogP contribution in [0.5, 0.6) is 5.75 Å². The summed E-state index contributed by atoms with van der Waals surface area (Å²) in [5.41, 5.74) is 0.829. The second-order valence-corrected chi connectivity index (χ2v) is 4.73. The molecule has 2 rings (SSSR count). The van der Waals surface area contributed by atoms with Crippen molar-refractivity contribution in [3.8, 4) is 5.75 Å². The normalized spacial score (nSPS) is 17.4. The molecule has 0 aliphatic heterocycles. The van der Waals surface area contributed by atoms with E-state index < -0.39 is 12.0 Å². The fourth-order valence-electron chi connectivity index (χ4n) is 2.54. The number of anilines is 1. The summed E-state index contributed by atoms with van der Waals surface area (Å²) < 4.78 is 5.08. The highest BCUT2D eigenvalue weighted by molar-refractivity contribution is 5.77. The van der Waals surface area contributed by atoms with E-state index in [9.17, 15) is 9.90 Å². The van der Waals surface area contributed by atoms with Crippen LogP contribution in [0.15, 0.2) is 24.3 Å². The lowest BCUT2D eigenvalue weighted by Gasteiger charge is -2.21. The van der Waals surface area contributed by atoms with Crippen LogP contribution in [0.4, 0.5) is 5.69 Å². The summed E-state index contributed by atoms with van der Waals surface area (Å²) >= 11 is 0. The molecule has 1 saturated carbocycles. The van der Waals surface area contributed by atoms with E-state index in [4.69, 9.17) is 4.74 Å². The predicted molar refractivity (Wildman–Crippen MR) is 70.0 cm³/mol. The van der Waals surface area contributed by atoms with Crippen LogP contribution in [-0.4, -0.2) is 24.2 Å². The monoisotopic (exact) mass is 249 g/mol. The van der Waals surface area contributed by atoms with Crippen molar-refractivity contribution in [2.24, 2.45) is 5.92 Å². The van der Waals surface area contributed by atoms with Gasteiger partial charge in [-0.05, 0) is 43.0 Å². The third-order valence-electron chi connectivity index (χ3n) is 3.55. The first-order valence-corrected chi connectivity index (χ1v) is 6.34. The Morgan fingerprint density at radius 1 is 1.33 bits per heavy atom. The molecule has 98 valence electrons. The number of carbonyl (C=O) groups is 1. The number of nitrogens with one attached hydrogen (secondary N) is 1. The number of aliphatic carboxylic acids is 1. The molecular weight excluding hydrogens is 230 g/mol. The Balaban J connectivity index is 2.05. The number of ether oxygens (including phenoxy) is 1. The standard InChI is InChI=1S/C14H19NO3/c1-18-12-8-6-11(7-9-12)15-13(14(16)17)10-4-2-3-5-10/h6-10,13,15H,2-5H2,1H3,(H,16,17). The summed E-state index contributed by atoms with van der Waals surface area (Å²) in [6, 6.07) is 6.88. The number of hydrogen-bond donors (Lipinski definition) is 2. The van der Waals surface area contributed by atoms with Crippen molar-refractivity contribution in [2.75, 3.05) is 12.4 Å². The van der Waals surface area contributed by atoms with Crippen LogP contribution < -0.4 is 10.1 Å². The Hall–Kier alpha value is -1.71. The van der Waals surface area contributed by atoms with Crippen molar-refractivity contribution in [2.45, 2.75) is 31.7 Å². The van der Waals surface area contributed by atoms with Crippen LogP contribution in [0.25, 0.3) is 0 Å². The average molecular weight is 249 g/mol. The summed E-state index contributed by atoms with van der Waals surface area (Å²) in [7, 11) is 1.61. The molecule has 0 heterocycles. The Bertz CT molecular complexity index is 396. The van der Waals surface area contributed by atoms with Gasteiger partial charge in [-0.25, -0.2) is 4.79 Å². The Morgan fingerprint density at radius 2 is 1.94 bits per heavy atom. The Labute approximate surface area is 107 Å². The minimum Gasteiger partial charge on any atom is -0.497 e. The number of carboxylic acids is 1. The molecule has 1 aliphatic carbocycles. The smallest absolute Gasteiger partial charge is 0.326 e. The zero-order valence-electron chi connectivity index (χ0n) is 10.6. The molecule has 0 bridgehead atoms. The Kier molecular flexibility index (Phi) is 4.07. The maximum absolute atomic E-state index is 11.3. The summed E-state index contributed by atoms with van der Waals surface area (Å²) in [5.74, 6) is 0.246. The largest absolute Gasteiger partial charge is 0.497 e. The van der Waals surface area contributed by atoms with Crippen LogP contribution in [0, 0.1) is 5.92 Å². The first-order chi connectivity index (χ1) is 8.70. The fraction of sp³-hybridized carbons (Fsp3) is 0.500. The van der Waals surface area contributed by atoms with Gasteiger partial charge < -0.3 is 15.2 Å². The van der Waals surface area contributed by atoms with Crippen LogP contribution in [0.1, 0.15) is 25.7 Å². The number of rotatable bonds is 5. The molecule has 1 atom stereocenters. The molecule has 4 nitrogen and oxygen atoms in total. The maximum Gasteiger partial charge on any atom is 0.326 e. The topological polar surface area (TPSA) is 58.6 Å². The van der Waals surface area contributed by atoms with Gasteiger partial charge in [0, 0.05) is 5.69 Å². The maximum atomic E-state index is 11.3. The van der Waals surface area contributed by atoms with Crippen molar-refractivity contribution >= 4 is 11.7 Å². The number of benzene rings is 1. The molecule has 0 radical (unpaired) electrons. The molecule has 2 N–H and O–H groups in total. The van der Waals surface area contributed by atoms with Gasteiger partial charge in [0.15, 0.2) is 0 Å². The zero-order valence-corrected chi connectivity index (χ0v) is 10.6. The molecule has 1 aromatic rings. The molecule has 0 spiro atoms. The first-order valence-electron chi connectivity index (χ1n) is 6.34. The lowest BCUT2D eigenvalue weighted by molar-refractivity contribution is -0.139. The van der Waals surface area contributed by atoms with Gasteiger partial charge in [0.05, 0.1) is 7.11 Å². The molecule has 4 heteroatoms. The van der Waals surface area contributed by atoms with E-state index in [-0.39, 0.29) is 5.92 Å². The van der Waals surface area contributed by atoms with Gasteiger partial charge in [-0.1, -0.05) is 12.8 Å². The molecule has 0 aromatic heterocycles. The Morgan fingerprint density at radius 3 is 2.44 bits per heavy atom. The summed E-state index contributed by atoms with van der Waals surface area (Å²) in [4.78, 5) is 11.3. The van der Waals surface area contributed by atoms with Crippen LogP contribution in [0.2, 0.25) is 0 Å². The highest BCUT2D eigenvalue weighted by atomic mass is 16.5. The first kappa shape index (κ1) is 12.7. The van der Waals surface area contributed by atoms with Gasteiger partial charge in [-0.2, -0.15) is 0 Å². The van der Waals surface area contributed by atoms with E-state index in [2.05, 4.69) is 5.32 Å². The molecule has 1 fully saturated rings. The van der Waals surface area contributed by atoms with E-state index >= 15 is 0 Å². The molecule has 18 heavy (non-hydrogen) atoms. The van der Waals surface area contributed by atoms with E-state index in [1.54, 1.807) is 7.11 Å². The second-order valence-electron chi connectivity index (χ2n) is 4.73. The van der Waals surface area contributed by atoms with Crippen molar-refractivity contribution in [1.29, 1.82) is 0 Å². The zero-order chi connectivity index (χ0) is 13.0. The molecule has 0 amide bonds. The van der Waals surface area contributed by atoms with Crippen LogP contribution in [-0.2, 0) is 4.79 Å². The van der Waals surface area contributed by atoms with E-state index in [1.165, 1.54) is 0 Å². The van der Waals surface area contributed by atoms with Gasteiger partial charge in [-0.3, -0.25) is 0 Å². The summed E-state index contributed by atoms with van der Waals surface area (Å²) in [6.45, 7) is 0. The summed E-state index contributed by atoms with van der Waals surface area (Å²) in [6.07, 6.45) is 4.28. The van der Waals surface area contributed by atoms with Gasteiger partial charge in [0.1, 0.15) is 11.8 Å². The van der Waals surface area contributed by atoms with Gasteiger partial charge in [-0.15, -0.1) is 0 Å². The second kappa shape index (κ2) is 5.76. The van der Waals surface area contributed by atoms with Crippen molar-refractivity contribution < 1.29 is 14.6 Å². The van der Waals surface area contributed by atoms with Gasteiger partial charge in [0.25, 0.3) is 0 Å². The van der Waals surface area contributed by atoms with Crippen molar-refractivity contribution in [1.82, 2.24) is 0 Å². The number of hydrogen-bond acceptors (Lipinski definition) is 3. The molecular formula is C14H19NO3. The molecule has 1 aliphatic rings. The summed E-state index contributed by atoms with van der Waals surface area (Å²) in [5, 5.41) is 12.4. The highest BCUT2D eigenvalue weighted by Crippen LogP contribution is 2.30. The van der Waals surface area contributed by atoms with E-state index in [1.807, 2.05) is 24.3 Å². The van der Waals surface area contributed by atoms with Gasteiger partial charge in [0.2, 0.25) is 0 Å². The van der Waals surface area contributed by atoms with Crippen LogP contribution >= 0.6 is 0 Å². The minimum absolute atomic E-state index is 0.240. The fourth-order valence-corrected chi connectivity index (χ4v) is 2.54. The molecule has 0 saturated heterocycles. The number of methoxy groups -OCH3 is 1. The van der Waals surface area contributed by atoms with Gasteiger partial charge >= 0.3 is 5.97 Å². The minimum atomic E-state index is -0.766. The average Bonchev–Trinajstić information content (AvgIpc) is 2.90. The number of carboxylic acid groups (broad SMARTS) is 1. The predicted octanol–water partition coefficient (Wildman–Crippen LogP) is 2.75. The lowest BCUT2D eigenvalue weighted by atomic mass is 9.98. The quantitative estimate of drug-likeness (QED) is 0.842. The lowest BCUT2D eigenvalue weighted by Crippen LogP contribution is -2.35. The molecule has 1 unspecified atom stereocenters. The highest BCUT2D eigenvalue weighted by Gasteiger charge is 2.30. The van der Waals surface area contributed by atoms with Crippen LogP contribution in [0.3, 0.4) is 0 Å².